The lowest BCUT2D eigenvalue weighted by Crippen LogP contribution is -2.40. The van der Waals surface area contributed by atoms with Crippen LogP contribution in [0.2, 0.25) is 0 Å². The lowest BCUT2D eigenvalue weighted by Gasteiger charge is -2.33. The second kappa shape index (κ2) is 4.92. The van der Waals surface area contributed by atoms with Crippen LogP contribution in [0.3, 0.4) is 0 Å². The van der Waals surface area contributed by atoms with Crippen LogP contribution >= 0.6 is 0 Å². The number of alkyl halides is 2. The lowest BCUT2D eigenvalue weighted by atomic mass is 9.79. The fourth-order valence-corrected chi connectivity index (χ4v) is 3.20. The summed E-state index contributed by atoms with van der Waals surface area (Å²) in [5.74, 6) is -0.160. The molecule has 1 saturated carbocycles. The van der Waals surface area contributed by atoms with Gasteiger partial charge in [-0.15, -0.1) is 0 Å². The maximum absolute atomic E-state index is 14.9. The monoisotopic (exact) mass is 260 g/mol. The molecule has 0 nitrogen and oxygen atoms in total. The van der Waals surface area contributed by atoms with Crippen molar-refractivity contribution in [1.82, 2.24) is 0 Å². The van der Waals surface area contributed by atoms with Crippen LogP contribution in [0.5, 0.6) is 0 Å². The fourth-order valence-electron chi connectivity index (χ4n) is 3.20. The molecule has 2 aliphatic carbocycles. The zero-order chi connectivity index (χ0) is 13.3. The van der Waals surface area contributed by atoms with Crippen molar-refractivity contribution in [3.8, 4) is 0 Å². The molecular weight excluding hydrogens is 242 g/mol. The Balaban J connectivity index is 1.86. The van der Waals surface area contributed by atoms with E-state index in [1.165, 1.54) is 12.2 Å². The van der Waals surface area contributed by atoms with Crippen LogP contribution in [0.15, 0.2) is 48.6 Å². The minimum atomic E-state index is -1.80. The molecule has 0 saturated heterocycles. The van der Waals surface area contributed by atoms with Crippen molar-refractivity contribution in [3.05, 3.63) is 54.1 Å². The third kappa shape index (κ3) is 2.24. The highest BCUT2D eigenvalue weighted by Crippen LogP contribution is 2.44. The lowest BCUT2D eigenvalue weighted by molar-refractivity contribution is 0.0635. The summed E-state index contributed by atoms with van der Waals surface area (Å²) >= 11 is 0. The first kappa shape index (κ1) is 12.6. The van der Waals surface area contributed by atoms with E-state index in [1.54, 1.807) is 6.08 Å². The molecule has 0 aromatic heterocycles. The van der Waals surface area contributed by atoms with E-state index in [9.17, 15) is 8.78 Å². The van der Waals surface area contributed by atoms with Crippen LogP contribution in [-0.4, -0.2) is 11.8 Å². The van der Waals surface area contributed by atoms with E-state index in [-0.39, 0.29) is 5.92 Å². The molecule has 2 atom stereocenters. The van der Waals surface area contributed by atoms with Gasteiger partial charge in [-0.2, -0.15) is 0 Å². The topological polar surface area (TPSA) is 0 Å². The number of allylic oxidation sites excluding steroid dienone is 4. The Bertz CT molecular complexity index is 497. The first-order chi connectivity index (χ1) is 9.20. The Morgan fingerprint density at radius 1 is 1.05 bits per heavy atom. The van der Waals surface area contributed by atoms with Gasteiger partial charge in [0.05, 0.1) is 0 Å². The van der Waals surface area contributed by atoms with Crippen LogP contribution in [0.25, 0.3) is 5.57 Å². The van der Waals surface area contributed by atoms with Gasteiger partial charge in [0.25, 0.3) is 0 Å². The molecule has 2 aliphatic rings. The molecule has 1 aromatic carbocycles. The van der Waals surface area contributed by atoms with E-state index in [0.29, 0.717) is 0 Å². The number of hydrogen-bond donors (Lipinski definition) is 0. The van der Waals surface area contributed by atoms with Gasteiger partial charge in [-0.3, -0.25) is 0 Å². The molecule has 1 fully saturated rings. The summed E-state index contributed by atoms with van der Waals surface area (Å²) in [5.41, 5.74) is -0.0800. The van der Waals surface area contributed by atoms with Gasteiger partial charge < -0.3 is 0 Å². The van der Waals surface area contributed by atoms with Crippen LogP contribution in [0, 0.1) is 5.92 Å². The molecule has 2 heteroatoms. The Hall–Kier alpha value is -1.44. The third-order valence-corrected chi connectivity index (χ3v) is 4.35. The van der Waals surface area contributed by atoms with Gasteiger partial charge in [-0.25, -0.2) is 8.78 Å². The Morgan fingerprint density at radius 2 is 1.74 bits per heavy atom. The Labute approximate surface area is 112 Å². The Morgan fingerprint density at radius 3 is 2.37 bits per heavy atom. The van der Waals surface area contributed by atoms with E-state index in [4.69, 9.17) is 0 Å². The first-order valence-corrected chi connectivity index (χ1v) is 6.99. The molecule has 0 amide bonds. The van der Waals surface area contributed by atoms with Crippen molar-refractivity contribution in [1.29, 1.82) is 0 Å². The summed E-state index contributed by atoms with van der Waals surface area (Å²) < 4.78 is 29.2. The zero-order valence-electron chi connectivity index (χ0n) is 10.9. The molecule has 0 radical (unpaired) electrons. The normalized spacial score (nSPS) is 31.5. The number of rotatable bonds is 2. The minimum Gasteiger partial charge on any atom is -0.239 e. The largest absolute Gasteiger partial charge is 0.239 e. The smallest absolute Gasteiger partial charge is 0.166 e. The minimum absolute atomic E-state index is 0.160. The maximum atomic E-state index is 14.9. The van der Waals surface area contributed by atoms with Gasteiger partial charge in [0.15, 0.2) is 11.8 Å². The van der Waals surface area contributed by atoms with Crippen LogP contribution < -0.4 is 0 Å². The van der Waals surface area contributed by atoms with Crippen LogP contribution in [-0.2, 0) is 0 Å². The van der Waals surface area contributed by atoms with Gasteiger partial charge >= 0.3 is 0 Å². The second-order valence-electron chi connectivity index (χ2n) is 5.53. The second-order valence-corrected chi connectivity index (χ2v) is 5.53. The van der Waals surface area contributed by atoms with Gasteiger partial charge in [0.2, 0.25) is 0 Å². The number of hydrogen-bond acceptors (Lipinski definition) is 0. The predicted molar refractivity (Wildman–Crippen MR) is 74.3 cm³/mol. The molecule has 0 heterocycles. The molecular formula is C17H18F2. The standard InChI is InChI=1S/C17H18F2/c18-16-12-14(13-6-2-1-3-7-13)10-11-17(16,19)15-8-4-5-9-15/h1-3,6-7,10-12,15-16H,4-5,8-9H2. The zero-order valence-corrected chi connectivity index (χ0v) is 10.9. The molecule has 0 N–H and O–H groups in total. The molecule has 19 heavy (non-hydrogen) atoms. The van der Waals surface area contributed by atoms with E-state index in [1.807, 2.05) is 30.3 Å². The summed E-state index contributed by atoms with van der Waals surface area (Å²) in [7, 11) is 0. The van der Waals surface area contributed by atoms with Crippen LogP contribution in [0.4, 0.5) is 8.78 Å². The average Bonchev–Trinajstić information content (AvgIpc) is 2.98. The van der Waals surface area contributed by atoms with E-state index in [2.05, 4.69) is 0 Å². The van der Waals surface area contributed by atoms with Crippen molar-refractivity contribution in [2.24, 2.45) is 5.92 Å². The molecule has 2 unspecified atom stereocenters. The predicted octanol–water partition coefficient (Wildman–Crippen LogP) is 4.88. The highest BCUT2D eigenvalue weighted by molar-refractivity contribution is 5.76. The van der Waals surface area contributed by atoms with Gasteiger partial charge in [0.1, 0.15) is 0 Å². The molecule has 0 aliphatic heterocycles. The van der Waals surface area contributed by atoms with Crippen molar-refractivity contribution in [2.75, 3.05) is 0 Å². The SMILES string of the molecule is FC1C=C(c2ccccc2)C=CC1(F)C1CCCC1. The van der Waals surface area contributed by atoms with Gasteiger partial charge in [-0.1, -0.05) is 49.2 Å². The Kier molecular flexibility index (Phi) is 3.26. The molecule has 100 valence electrons. The fraction of sp³-hybridized carbons (Fsp3) is 0.412. The molecule has 3 rings (SSSR count). The summed E-state index contributed by atoms with van der Waals surface area (Å²) in [4.78, 5) is 0. The van der Waals surface area contributed by atoms with Crippen molar-refractivity contribution in [2.45, 2.75) is 37.5 Å². The van der Waals surface area contributed by atoms with Crippen molar-refractivity contribution in [3.63, 3.8) is 0 Å². The third-order valence-electron chi connectivity index (χ3n) is 4.35. The summed E-state index contributed by atoms with van der Waals surface area (Å²) in [6, 6.07) is 9.58. The molecule has 0 bridgehead atoms. The highest BCUT2D eigenvalue weighted by atomic mass is 19.2. The van der Waals surface area contributed by atoms with Gasteiger partial charge in [-0.05, 0) is 42.0 Å². The van der Waals surface area contributed by atoms with Gasteiger partial charge in [0, 0.05) is 0 Å². The summed E-state index contributed by atoms with van der Waals surface area (Å²) in [5, 5.41) is 0. The van der Waals surface area contributed by atoms with Crippen LogP contribution in [0.1, 0.15) is 31.2 Å². The summed E-state index contributed by atoms with van der Waals surface area (Å²) in [6.45, 7) is 0. The first-order valence-electron chi connectivity index (χ1n) is 6.99. The van der Waals surface area contributed by atoms with Crippen molar-refractivity contribution < 1.29 is 8.78 Å². The summed E-state index contributed by atoms with van der Waals surface area (Å²) in [6.07, 6.45) is 6.74. The molecule has 1 aromatic rings. The average molecular weight is 260 g/mol. The number of benzene rings is 1. The van der Waals surface area contributed by atoms with E-state index >= 15 is 0 Å². The highest BCUT2D eigenvalue weighted by Gasteiger charge is 2.46. The number of halogens is 2. The maximum Gasteiger partial charge on any atom is 0.166 e. The quantitative estimate of drug-likeness (QED) is 0.711. The molecule has 0 spiro atoms. The van der Waals surface area contributed by atoms with E-state index < -0.39 is 11.8 Å². The van der Waals surface area contributed by atoms with E-state index in [0.717, 1.165) is 36.8 Å². The van der Waals surface area contributed by atoms with Crippen molar-refractivity contribution >= 4 is 5.57 Å².